The second-order valence-corrected chi connectivity index (χ2v) is 10.8. The van der Waals surface area contributed by atoms with Crippen LogP contribution in [-0.2, 0) is 20.9 Å². The Morgan fingerprint density at radius 1 is 0.921 bits per heavy atom. The molecule has 0 aliphatic heterocycles. The minimum absolute atomic E-state index is 0.250. The number of hydrogen-bond acceptors (Lipinski definition) is 4. The van der Waals surface area contributed by atoms with E-state index in [2.05, 4.69) is 17.6 Å². The van der Waals surface area contributed by atoms with E-state index in [1.54, 1.807) is 25.7 Å². The molecular formula is C31H45N3O4. The van der Waals surface area contributed by atoms with E-state index >= 15 is 0 Å². The molecule has 1 unspecified atom stereocenters. The Bertz CT molecular complexity index is 1050. The smallest absolute Gasteiger partial charge is 0.408 e. The first kappa shape index (κ1) is 30.9. The number of carbonyl (C=O) groups excluding carboxylic acids is 3. The van der Waals surface area contributed by atoms with Gasteiger partial charge in [-0.15, -0.1) is 0 Å². The van der Waals surface area contributed by atoms with Gasteiger partial charge < -0.3 is 20.3 Å². The zero-order valence-corrected chi connectivity index (χ0v) is 23.9. The Kier molecular flexibility index (Phi) is 12.3. The van der Waals surface area contributed by atoms with Crippen LogP contribution in [0.15, 0.2) is 48.5 Å². The molecule has 0 spiro atoms. The van der Waals surface area contributed by atoms with Crippen LogP contribution >= 0.6 is 0 Å². The number of ether oxygens (including phenoxy) is 1. The van der Waals surface area contributed by atoms with Gasteiger partial charge in [0.2, 0.25) is 11.8 Å². The zero-order chi connectivity index (χ0) is 28.1. The van der Waals surface area contributed by atoms with Gasteiger partial charge >= 0.3 is 6.09 Å². The fraction of sp³-hybridized carbons (Fsp3) is 0.516. The highest BCUT2D eigenvalue weighted by atomic mass is 16.6. The van der Waals surface area contributed by atoms with E-state index in [0.717, 1.165) is 54.4 Å². The number of amides is 3. The predicted molar refractivity (Wildman–Crippen MR) is 152 cm³/mol. The molecule has 0 aromatic heterocycles. The van der Waals surface area contributed by atoms with Gasteiger partial charge in [0.25, 0.3) is 0 Å². The Morgan fingerprint density at radius 3 is 2.24 bits per heavy atom. The molecule has 0 fully saturated rings. The van der Waals surface area contributed by atoms with Gasteiger partial charge in [-0.25, -0.2) is 4.79 Å². The summed E-state index contributed by atoms with van der Waals surface area (Å²) in [5, 5.41) is 5.61. The molecule has 1 atom stereocenters. The highest BCUT2D eigenvalue weighted by Gasteiger charge is 2.32. The first-order valence-corrected chi connectivity index (χ1v) is 13.7. The molecule has 0 bridgehead atoms. The molecule has 208 valence electrons. The van der Waals surface area contributed by atoms with Crippen LogP contribution < -0.4 is 10.6 Å². The van der Waals surface area contributed by atoms with Crippen LogP contribution in [0.25, 0.3) is 0 Å². The summed E-state index contributed by atoms with van der Waals surface area (Å²) >= 11 is 0. The summed E-state index contributed by atoms with van der Waals surface area (Å²) in [6.07, 6.45) is 4.39. The van der Waals surface area contributed by atoms with Crippen molar-refractivity contribution in [3.05, 3.63) is 70.8 Å². The topological polar surface area (TPSA) is 87.7 Å². The third kappa shape index (κ3) is 10.6. The minimum atomic E-state index is -0.821. The highest BCUT2D eigenvalue weighted by Crippen LogP contribution is 2.26. The van der Waals surface area contributed by atoms with Crippen LogP contribution in [0, 0.1) is 13.8 Å². The van der Waals surface area contributed by atoms with Gasteiger partial charge in [-0.2, -0.15) is 0 Å². The van der Waals surface area contributed by atoms with Crippen molar-refractivity contribution in [1.82, 2.24) is 15.5 Å². The molecule has 2 N–H and O–H groups in total. The molecule has 38 heavy (non-hydrogen) atoms. The van der Waals surface area contributed by atoms with Gasteiger partial charge in [0.05, 0.1) is 0 Å². The molecule has 2 aromatic rings. The molecule has 0 heterocycles. The van der Waals surface area contributed by atoms with E-state index in [9.17, 15) is 14.4 Å². The molecule has 2 aromatic carbocycles. The normalized spacial score (nSPS) is 11.9. The quantitative estimate of drug-likeness (QED) is 0.316. The monoisotopic (exact) mass is 523 g/mol. The van der Waals surface area contributed by atoms with Crippen molar-refractivity contribution in [2.75, 3.05) is 13.1 Å². The van der Waals surface area contributed by atoms with Crippen molar-refractivity contribution in [3.8, 4) is 0 Å². The third-order valence-electron chi connectivity index (χ3n) is 6.20. The molecule has 7 heteroatoms. The van der Waals surface area contributed by atoms with Gasteiger partial charge in [-0.05, 0) is 57.7 Å². The number of benzene rings is 2. The van der Waals surface area contributed by atoms with Crippen molar-refractivity contribution >= 4 is 17.9 Å². The number of hydrogen-bond donors (Lipinski definition) is 2. The Labute approximate surface area is 228 Å². The molecule has 0 aliphatic carbocycles. The lowest BCUT2D eigenvalue weighted by molar-refractivity contribution is -0.140. The number of unbranched alkanes of at least 4 members (excludes halogenated alkanes) is 4. The number of nitrogens with zero attached hydrogens (tertiary/aromatic N) is 1. The average Bonchev–Trinajstić information content (AvgIpc) is 2.85. The molecule has 7 nitrogen and oxygen atoms in total. The van der Waals surface area contributed by atoms with Crippen molar-refractivity contribution in [3.63, 3.8) is 0 Å². The van der Waals surface area contributed by atoms with Crippen molar-refractivity contribution in [2.45, 2.75) is 91.8 Å². The fourth-order valence-electron chi connectivity index (χ4n) is 4.31. The summed E-state index contributed by atoms with van der Waals surface area (Å²) < 4.78 is 5.31. The molecule has 2 rings (SSSR count). The van der Waals surface area contributed by atoms with E-state index in [1.807, 2.05) is 62.4 Å². The van der Waals surface area contributed by atoms with Crippen LogP contribution in [0.3, 0.4) is 0 Å². The van der Waals surface area contributed by atoms with E-state index in [-0.39, 0.29) is 18.4 Å². The standard InChI is InChI=1S/C31H45N3O4/c1-7-8-9-10-14-19-34(27(35)22-33-30(37)38-31(4,5)6)28(26-18-17-23(2)20-24(26)3)29(36)32-21-25-15-12-11-13-16-25/h11-13,15-18,20,28H,7-10,14,19,21-22H2,1-6H3,(H,32,36)(H,33,37). The van der Waals surface area contributed by atoms with E-state index in [0.29, 0.717) is 13.1 Å². The predicted octanol–water partition coefficient (Wildman–Crippen LogP) is 5.98. The molecule has 0 aliphatic rings. The van der Waals surface area contributed by atoms with Crippen LogP contribution in [0.4, 0.5) is 4.79 Å². The summed E-state index contributed by atoms with van der Waals surface area (Å²) in [5.74, 6) is -0.578. The SMILES string of the molecule is CCCCCCCN(C(=O)CNC(=O)OC(C)(C)C)C(C(=O)NCc1ccccc1)c1ccc(C)cc1C. The van der Waals surface area contributed by atoms with Crippen LogP contribution in [-0.4, -0.2) is 41.5 Å². The summed E-state index contributed by atoms with van der Waals surface area (Å²) in [6, 6.07) is 14.8. The Morgan fingerprint density at radius 2 is 1.61 bits per heavy atom. The molecule has 0 saturated carbocycles. The third-order valence-corrected chi connectivity index (χ3v) is 6.20. The Balaban J connectivity index is 2.33. The van der Waals surface area contributed by atoms with E-state index in [1.165, 1.54) is 0 Å². The second kappa shape index (κ2) is 15.2. The summed E-state index contributed by atoms with van der Waals surface area (Å²) in [5.41, 5.74) is 3.10. The van der Waals surface area contributed by atoms with Gasteiger partial charge in [0.15, 0.2) is 0 Å². The first-order valence-electron chi connectivity index (χ1n) is 13.7. The zero-order valence-electron chi connectivity index (χ0n) is 23.9. The molecule has 0 radical (unpaired) electrons. The lowest BCUT2D eigenvalue weighted by Gasteiger charge is -2.33. The summed E-state index contributed by atoms with van der Waals surface area (Å²) in [7, 11) is 0. The number of rotatable bonds is 13. The maximum Gasteiger partial charge on any atom is 0.408 e. The van der Waals surface area contributed by atoms with E-state index in [4.69, 9.17) is 4.74 Å². The van der Waals surface area contributed by atoms with Crippen LogP contribution in [0.1, 0.15) is 88.1 Å². The van der Waals surface area contributed by atoms with Crippen molar-refractivity contribution in [1.29, 1.82) is 0 Å². The largest absolute Gasteiger partial charge is 0.444 e. The van der Waals surface area contributed by atoms with E-state index < -0.39 is 17.7 Å². The number of aryl methyl sites for hydroxylation is 2. The minimum Gasteiger partial charge on any atom is -0.444 e. The Hall–Kier alpha value is -3.35. The molecular weight excluding hydrogens is 478 g/mol. The average molecular weight is 524 g/mol. The lowest BCUT2D eigenvalue weighted by atomic mass is 9.96. The van der Waals surface area contributed by atoms with Gasteiger partial charge in [-0.1, -0.05) is 86.7 Å². The maximum atomic E-state index is 13.7. The second-order valence-electron chi connectivity index (χ2n) is 10.8. The summed E-state index contributed by atoms with van der Waals surface area (Å²) in [6.45, 7) is 11.9. The lowest BCUT2D eigenvalue weighted by Crippen LogP contribution is -2.48. The molecule has 3 amide bonds. The van der Waals surface area contributed by atoms with Gasteiger partial charge in [0.1, 0.15) is 18.2 Å². The van der Waals surface area contributed by atoms with Gasteiger partial charge in [-0.3, -0.25) is 9.59 Å². The molecule has 0 saturated heterocycles. The number of nitrogens with one attached hydrogen (secondary N) is 2. The van der Waals surface area contributed by atoms with Crippen molar-refractivity contribution < 1.29 is 19.1 Å². The highest BCUT2D eigenvalue weighted by molar-refractivity contribution is 5.90. The fourth-order valence-corrected chi connectivity index (χ4v) is 4.31. The van der Waals surface area contributed by atoms with Crippen LogP contribution in [0.5, 0.6) is 0 Å². The van der Waals surface area contributed by atoms with Crippen molar-refractivity contribution in [2.24, 2.45) is 0 Å². The first-order chi connectivity index (χ1) is 18.0. The number of carbonyl (C=O) groups is 3. The maximum absolute atomic E-state index is 13.7. The number of alkyl carbamates (subject to hydrolysis) is 1. The van der Waals surface area contributed by atoms with Gasteiger partial charge in [0, 0.05) is 13.1 Å². The van der Waals surface area contributed by atoms with Crippen LogP contribution in [0.2, 0.25) is 0 Å². The summed E-state index contributed by atoms with van der Waals surface area (Å²) in [4.78, 5) is 41.2.